The van der Waals surface area contributed by atoms with E-state index in [1.807, 2.05) is 13.8 Å². The fourth-order valence-electron chi connectivity index (χ4n) is 4.75. The molecular formula is C28H34O7. The Morgan fingerprint density at radius 3 is 2.34 bits per heavy atom. The molecule has 3 aromatic rings. The second kappa shape index (κ2) is 7.92. The van der Waals surface area contributed by atoms with Crippen molar-refractivity contribution >= 4 is 21.9 Å². The summed E-state index contributed by atoms with van der Waals surface area (Å²) in [5.41, 5.74) is -1.54. The number of hydrogen-bond acceptors (Lipinski definition) is 7. The Bertz CT molecular complexity index is 1420. The third-order valence-corrected chi connectivity index (χ3v) is 7.03. The van der Waals surface area contributed by atoms with Gasteiger partial charge in [0.25, 0.3) is 0 Å². The van der Waals surface area contributed by atoms with Gasteiger partial charge in [-0.3, -0.25) is 4.79 Å². The van der Waals surface area contributed by atoms with Gasteiger partial charge in [0, 0.05) is 16.5 Å². The summed E-state index contributed by atoms with van der Waals surface area (Å²) < 4.78 is 12.1. The molecule has 4 rings (SSSR count). The van der Waals surface area contributed by atoms with Gasteiger partial charge in [-0.05, 0) is 65.0 Å². The molecule has 188 valence electrons. The van der Waals surface area contributed by atoms with Crippen molar-refractivity contribution in [1.29, 1.82) is 0 Å². The van der Waals surface area contributed by atoms with Crippen molar-refractivity contribution < 1.29 is 29.6 Å². The second-order valence-corrected chi connectivity index (χ2v) is 11.4. The quantitative estimate of drug-likeness (QED) is 0.220. The van der Waals surface area contributed by atoms with E-state index in [2.05, 4.69) is 6.58 Å². The monoisotopic (exact) mass is 482 g/mol. The number of rotatable bonds is 5. The summed E-state index contributed by atoms with van der Waals surface area (Å²) in [6.07, 6.45) is 3.52. The topological polar surface area (TPSA) is 120 Å². The highest BCUT2D eigenvalue weighted by molar-refractivity contribution is 6.01. The standard InChI is InChI=1S/C28H34O7/c1-8-26(2,3)16-13-17(29)24-19(20(16)30)21(31)18-14(9-11-27(4,5)33)15-10-12-28(6,7)35-23(15)22(32)25(18)34-24/h8,13,29-30,32-33H,1,9-12H2,2-7H3. The Labute approximate surface area is 204 Å². The lowest BCUT2D eigenvalue weighted by Crippen LogP contribution is -2.33. The Morgan fingerprint density at radius 2 is 1.74 bits per heavy atom. The number of phenols is 3. The molecule has 2 aromatic carbocycles. The molecule has 1 aliphatic rings. The molecule has 7 nitrogen and oxygen atoms in total. The average Bonchev–Trinajstić information content (AvgIpc) is 2.75. The Hall–Kier alpha value is -3.19. The largest absolute Gasteiger partial charge is 0.507 e. The first-order valence-corrected chi connectivity index (χ1v) is 11.9. The van der Waals surface area contributed by atoms with Crippen LogP contribution in [0.1, 0.15) is 71.1 Å². The third kappa shape index (κ3) is 4.12. The van der Waals surface area contributed by atoms with Crippen LogP contribution in [0.2, 0.25) is 0 Å². The first-order chi connectivity index (χ1) is 16.1. The molecule has 0 atom stereocenters. The van der Waals surface area contributed by atoms with Crippen molar-refractivity contribution in [2.45, 2.75) is 83.8 Å². The fourth-order valence-corrected chi connectivity index (χ4v) is 4.75. The highest BCUT2D eigenvalue weighted by Gasteiger charge is 2.35. The van der Waals surface area contributed by atoms with Crippen molar-refractivity contribution in [2.24, 2.45) is 0 Å². The molecule has 4 N–H and O–H groups in total. The molecule has 7 heteroatoms. The average molecular weight is 483 g/mol. The van der Waals surface area contributed by atoms with Crippen LogP contribution in [0.3, 0.4) is 0 Å². The van der Waals surface area contributed by atoms with Gasteiger partial charge in [-0.2, -0.15) is 0 Å². The maximum Gasteiger partial charge on any atom is 0.204 e. The number of aliphatic hydroxyl groups is 1. The van der Waals surface area contributed by atoms with Crippen molar-refractivity contribution in [2.75, 3.05) is 0 Å². The lowest BCUT2D eigenvalue weighted by molar-refractivity contribution is 0.0699. The molecule has 0 bridgehead atoms. The van der Waals surface area contributed by atoms with Gasteiger partial charge >= 0.3 is 0 Å². The van der Waals surface area contributed by atoms with E-state index in [1.165, 1.54) is 6.07 Å². The van der Waals surface area contributed by atoms with E-state index in [-0.39, 0.29) is 44.9 Å². The summed E-state index contributed by atoms with van der Waals surface area (Å²) in [4.78, 5) is 14.0. The van der Waals surface area contributed by atoms with E-state index in [0.29, 0.717) is 42.4 Å². The zero-order valence-electron chi connectivity index (χ0n) is 21.2. The van der Waals surface area contributed by atoms with Crippen molar-refractivity contribution in [1.82, 2.24) is 0 Å². The predicted octanol–water partition coefficient (Wildman–Crippen LogP) is 5.33. The Balaban J connectivity index is 2.17. The van der Waals surface area contributed by atoms with Crippen LogP contribution in [0, 0.1) is 0 Å². The van der Waals surface area contributed by atoms with E-state index in [4.69, 9.17) is 9.15 Å². The summed E-state index contributed by atoms with van der Waals surface area (Å²) in [5.74, 6) is -0.710. The van der Waals surface area contributed by atoms with E-state index >= 15 is 0 Å². The summed E-state index contributed by atoms with van der Waals surface area (Å²) in [7, 11) is 0. The first-order valence-electron chi connectivity index (χ1n) is 11.9. The molecule has 35 heavy (non-hydrogen) atoms. The van der Waals surface area contributed by atoms with Crippen LogP contribution >= 0.6 is 0 Å². The molecule has 1 aromatic heterocycles. The lowest BCUT2D eigenvalue weighted by atomic mass is 9.82. The number of hydrogen-bond donors (Lipinski definition) is 4. The molecule has 0 aliphatic carbocycles. The Kier molecular flexibility index (Phi) is 5.64. The number of phenolic OH excluding ortho intramolecular Hbond substituents is 3. The normalized spacial score (nSPS) is 15.7. The summed E-state index contributed by atoms with van der Waals surface area (Å²) in [6.45, 7) is 14.6. The van der Waals surface area contributed by atoms with Gasteiger partial charge in [-0.1, -0.05) is 19.9 Å². The van der Waals surface area contributed by atoms with Crippen LogP contribution in [-0.4, -0.2) is 31.6 Å². The third-order valence-electron chi connectivity index (χ3n) is 7.03. The lowest BCUT2D eigenvalue weighted by Gasteiger charge is -2.34. The summed E-state index contributed by atoms with van der Waals surface area (Å²) in [5, 5.41) is 43.5. The highest BCUT2D eigenvalue weighted by atomic mass is 16.5. The van der Waals surface area contributed by atoms with Gasteiger partial charge < -0.3 is 29.6 Å². The number of benzene rings is 2. The van der Waals surface area contributed by atoms with E-state index < -0.39 is 22.0 Å². The van der Waals surface area contributed by atoms with Crippen LogP contribution in [-0.2, 0) is 18.3 Å². The molecule has 0 amide bonds. The number of ether oxygens (including phenoxy) is 1. The molecule has 1 aliphatic heterocycles. The van der Waals surface area contributed by atoms with E-state index in [0.717, 1.165) is 0 Å². The minimum atomic E-state index is -0.996. The van der Waals surface area contributed by atoms with Gasteiger partial charge in [0.05, 0.1) is 11.0 Å². The zero-order chi connectivity index (χ0) is 26.1. The van der Waals surface area contributed by atoms with Crippen LogP contribution in [0.25, 0.3) is 21.9 Å². The van der Waals surface area contributed by atoms with Crippen molar-refractivity contribution in [3.05, 3.63) is 45.6 Å². The van der Waals surface area contributed by atoms with Crippen LogP contribution in [0.5, 0.6) is 23.0 Å². The first kappa shape index (κ1) is 24.9. The van der Waals surface area contributed by atoms with Crippen molar-refractivity contribution in [3.63, 3.8) is 0 Å². The van der Waals surface area contributed by atoms with Gasteiger partial charge in [0.15, 0.2) is 22.7 Å². The number of allylic oxidation sites excluding steroid dienone is 1. The molecule has 2 heterocycles. The van der Waals surface area contributed by atoms with Gasteiger partial charge in [-0.25, -0.2) is 0 Å². The molecule has 0 spiro atoms. The van der Waals surface area contributed by atoms with Gasteiger partial charge in [0.1, 0.15) is 16.7 Å². The minimum Gasteiger partial charge on any atom is -0.507 e. The highest BCUT2D eigenvalue weighted by Crippen LogP contribution is 2.49. The number of fused-ring (bicyclic) bond motifs is 3. The molecule has 0 radical (unpaired) electrons. The summed E-state index contributed by atoms with van der Waals surface area (Å²) in [6, 6.07) is 1.35. The number of aryl methyl sites for hydroxylation is 1. The van der Waals surface area contributed by atoms with Gasteiger partial charge in [0.2, 0.25) is 11.2 Å². The second-order valence-electron chi connectivity index (χ2n) is 11.4. The number of aromatic hydroxyl groups is 3. The zero-order valence-corrected chi connectivity index (χ0v) is 21.2. The molecular weight excluding hydrogens is 448 g/mol. The van der Waals surface area contributed by atoms with Crippen LogP contribution in [0.4, 0.5) is 0 Å². The maximum absolute atomic E-state index is 14.0. The van der Waals surface area contributed by atoms with E-state index in [9.17, 15) is 25.2 Å². The fraction of sp³-hybridized carbons (Fsp3) is 0.464. The van der Waals surface area contributed by atoms with Crippen LogP contribution in [0.15, 0.2) is 27.9 Å². The van der Waals surface area contributed by atoms with Gasteiger partial charge in [-0.15, -0.1) is 6.58 Å². The Morgan fingerprint density at radius 1 is 1.09 bits per heavy atom. The maximum atomic E-state index is 14.0. The molecule has 0 saturated carbocycles. The van der Waals surface area contributed by atoms with Crippen LogP contribution < -0.4 is 10.2 Å². The van der Waals surface area contributed by atoms with E-state index in [1.54, 1.807) is 33.8 Å². The minimum absolute atomic E-state index is 0.115. The molecule has 0 saturated heterocycles. The van der Waals surface area contributed by atoms with Crippen molar-refractivity contribution in [3.8, 4) is 23.0 Å². The predicted molar refractivity (Wildman–Crippen MR) is 136 cm³/mol. The molecule has 0 unspecified atom stereocenters. The molecule has 0 fully saturated rings. The summed E-state index contributed by atoms with van der Waals surface area (Å²) >= 11 is 0. The smallest absolute Gasteiger partial charge is 0.204 e. The SMILES string of the molecule is C=CC(C)(C)c1cc(O)c2oc3c(O)c4c(c(CCC(C)(C)O)c3c(=O)c2c1O)CCC(C)(C)O4.